The number of hydrogen-bond acceptors (Lipinski definition) is 4. The van der Waals surface area contributed by atoms with Crippen molar-refractivity contribution in [3.63, 3.8) is 0 Å². The number of likely N-dealkylation sites (tertiary alicyclic amines) is 1. The maximum absolute atomic E-state index is 12.8. The average molecular weight is 402 g/mol. The maximum Gasteiger partial charge on any atom is 0.226 e. The van der Waals surface area contributed by atoms with Crippen LogP contribution in [0.15, 0.2) is 54.0 Å². The van der Waals surface area contributed by atoms with E-state index >= 15 is 0 Å². The predicted octanol–water partition coefficient (Wildman–Crippen LogP) is 3.78. The lowest BCUT2D eigenvalue weighted by atomic mass is 9.73. The van der Waals surface area contributed by atoms with Gasteiger partial charge in [-0.25, -0.2) is 4.98 Å². The van der Waals surface area contributed by atoms with Crippen LogP contribution in [-0.4, -0.2) is 35.4 Å². The molecular formula is C21H24ClN3OS. The van der Waals surface area contributed by atoms with Crippen LogP contribution in [-0.2, 0) is 16.6 Å². The number of nitrogens with zero attached hydrogens (tertiary/aromatic N) is 2. The molecule has 0 spiro atoms. The Morgan fingerprint density at radius 1 is 1.15 bits per heavy atom. The van der Waals surface area contributed by atoms with Crippen molar-refractivity contribution >= 4 is 39.9 Å². The number of piperidine rings is 1. The lowest BCUT2D eigenvalue weighted by Gasteiger charge is -2.41. The van der Waals surface area contributed by atoms with E-state index in [0.717, 1.165) is 41.7 Å². The zero-order chi connectivity index (χ0) is 18.0. The minimum absolute atomic E-state index is 0. The van der Waals surface area contributed by atoms with Gasteiger partial charge in [0.15, 0.2) is 0 Å². The summed E-state index contributed by atoms with van der Waals surface area (Å²) in [6, 6.07) is 16.6. The van der Waals surface area contributed by atoms with Gasteiger partial charge in [-0.3, -0.25) is 4.79 Å². The number of carbonyl (C=O) groups excluding carboxylic acids is 1. The second-order valence-electron chi connectivity index (χ2n) is 7.06. The number of nitrogens with two attached hydrogens (primary N) is 1. The van der Waals surface area contributed by atoms with E-state index < -0.39 is 0 Å². The molecule has 2 heterocycles. The van der Waals surface area contributed by atoms with Crippen LogP contribution in [0, 0.1) is 0 Å². The number of halogens is 1. The normalized spacial score (nSPS) is 16.1. The largest absolute Gasteiger partial charge is 0.342 e. The fraction of sp³-hybridized carbons (Fsp3) is 0.333. The van der Waals surface area contributed by atoms with Crippen LogP contribution in [0.4, 0.5) is 0 Å². The highest BCUT2D eigenvalue weighted by Crippen LogP contribution is 2.34. The number of rotatable bonds is 4. The van der Waals surface area contributed by atoms with Crippen molar-refractivity contribution in [2.75, 3.05) is 19.6 Å². The summed E-state index contributed by atoms with van der Waals surface area (Å²) in [5.74, 6) is 0.201. The van der Waals surface area contributed by atoms with Crippen molar-refractivity contribution in [3.05, 3.63) is 65.2 Å². The molecule has 1 saturated heterocycles. The number of carbonyl (C=O) groups is 1. The fourth-order valence-corrected chi connectivity index (χ4v) is 4.62. The van der Waals surface area contributed by atoms with E-state index in [0.29, 0.717) is 13.0 Å². The van der Waals surface area contributed by atoms with Crippen LogP contribution in [0.5, 0.6) is 0 Å². The third-order valence-electron chi connectivity index (χ3n) is 5.60. The monoisotopic (exact) mass is 401 g/mol. The van der Waals surface area contributed by atoms with Gasteiger partial charge in [-0.15, -0.1) is 23.7 Å². The Kier molecular flexibility index (Phi) is 6.15. The molecule has 0 bridgehead atoms. The topological polar surface area (TPSA) is 59.2 Å². The maximum atomic E-state index is 12.8. The number of benzene rings is 2. The van der Waals surface area contributed by atoms with Crippen molar-refractivity contribution < 1.29 is 4.79 Å². The standard InChI is InChI=1S/C21H23N3OS.ClH/c22-14-21(17-4-2-1-3-5-17)8-10-24(11-9-21)20(25)13-16-6-7-18-19(12-16)26-15-23-18;/h1-7,12,15H,8-11,13-14,22H2;1H. The van der Waals surface area contributed by atoms with Gasteiger partial charge in [0.05, 0.1) is 22.1 Å². The van der Waals surface area contributed by atoms with Crippen LogP contribution < -0.4 is 5.73 Å². The highest BCUT2D eigenvalue weighted by molar-refractivity contribution is 7.16. The SMILES string of the molecule is Cl.NCC1(c2ccccc2)CCN(C(=O)Cc2ccc3ncsc3c2)CC1. The first-order chi connectivity index (χ1) is 12.7. The Hall–Kier alpha value is -1.95. The molecule has 4 rings (SSSR count). The minimum atomic E-state index is -0.000408. The molecular weight excluding hydrogens is 378 g/mol. The van der Waals surface area contributed by atoms with Gasteiger partial charge < -0.3 is 10.6 Å². The summed E-state index contributed by atoms with van der Waals surface area (Å²) in [5.41, 5.74) is 11.4. The van der Waals surface area contributed by atoms with Crippen LogP contribution in [0.1, 0.15) is 24.0 Å². The van der Waals surface area contributed by atoms with Crippen LogP contribution >= 0.6 is 23.7 Å². The second-order valence-corrected chi connectivity index (χ2v) is 7.95. The Bertz CT molecular complexity index is 904. The van der Waals surface area contributed by atoms with E-state index in [1.165, 1.54) is 5.56 Å². The number of hydrogen-bond donors (Lipinski definition) is 1. The van der Waals surface area contributed by atoms with E-state index in [2.05, 4.69) is 35.3 Å². The molecule has 0 atom stereocenters. The third-order valence-corrected chi connectivity index (χ3v) is 6.39. The molecule has 1 aliphatic heterocycles. The van der Waals surface area contributed by atoms with Crippen molar-refractivity contribution in [2.45, 2.75) is 24.7 Å². The summed E-state index contributed by atoms with van der Waals surface area (Å²) in [6.07, 6.45) is 2.30. The van der Waals surface area contributed by atoms with Crippen LogP contribution in [0.2, 0.25) is 0 Å². The molecule has 1 amide bonds. The Balaban J connectivity index is 0.00000210. The number of amides is 1. The van der Waals surface area contributed by atoms with E-state index in [-0.39, 0.29) is 23.7 Å². The van der Waals surface area contributed by atoms with Crippen molar-refractivity contribution in [3.8, 4) is 0 Å². The number of fused-ring (bicyclic) bond motifs is 1. The van der Waals surface area contributed by atoms with Gasteiger partial charge in [-0.05, 0) is 36.1 Å². The average Bonchev–Trinajstić information content (AvgIpc) is 3.16. The quantitative estimate of drug-likeness (QED) is 0.723. The van der Waals surface area contributed by atoms with E-state index in [4.69, 9.17) is 5.73 Å². The van der Waals surface area contributed by atoms with Gasteiger partial charge in [0.1, 0.15) is 0 Å². The van der Waals surface area contributed by atoms with Crippen molar-refractivity contribution in [1.82, 2.24) is 9.88 Å². The van der Waals surface area contributed by atoms with Crippen molar-refractivity contribution in [2.24, 2.45) is 5.73 Å². The Morgan fingerprint density at radius 3 is 2.59 bits per heavy atom. The molecule has 0 unspecified atom stereocenters. The van der Waals surface area contributed by atoms with Gasteiger partial charge in [0, 0.05) is 25.0 Å². The molecule has 2 N–H and O–H groups in total. The minimum Gasteiger partial charge on any atom is -0.342 e. The zero-order valence-electron chi connectivity index (χ0n) is 15.1. The zero-order valence-corrected chi connectivity index (χ0v) is 16.8. The first-order valence-electron chi connectivity index (χ1n) is 9.06. The summed E-state index contributed by atoms with van der Waals surface area (Å²) in [6.45, 7) is 2.17. The molecule has 3 aromatic rings. The van der Waals surface area contributed by atoms with Gasteiger partial charge >= 0.3 is 0 Å². The molecule has 0 radical (unpaired) electrons. The highest BCUT2D eigenvalue weighted by Gasteiger charge is 2.36. The van der Waals surface area contributed by atoms with Gasteiger partial charge in [-0.1, -0.05) is 36.4 Å². The van der Waals surface area contributed by atoms with Crippen molar-refractivity contribution in [1.29, 1.82) is 0 Å². The van der Waals surface area contributed by atoms with E-state index in [1.54, 1.807) is 11.3 Å². The predicted molar refractivity (Wildman–Crippen MR) is 114 cm³/mol. The molecule has 142 valence electrons. The molecule has 2 aromatic carbocycles. The summed E-state index contributed by atoms with van der Waals surface area (Å²) in [5, 5.41) is 0. The lowest BCUT2D eigenvalue weighted by molar-refractivity contribution is -0.132. The lowest BCUT2D eigenvalue weighted by Crippen LogP contribution is -2.48. The Labute approximate surface area is 169 Å². The third kappa shape index (κ3) is 4.00. The molecule has 4 nitrogen and oxygen atoms in total. The first-order valence-corrected chi connectivity index (χ1v) is 9.94. The highest BCUT2D eigenvalue weighted by atomic mass is 35.5. The van der Waals surface area contributed by atoms with E-state index in [9.17, 15) is 4.79 Å². The van der Waals surface area contributed by atoms with E-state index in [1.807, 2.05) is 28.6 Å². The van der Waals surface area contributed by atoms with Gasteiger partial charge in [-0.2, -0.15) is 0 Å². The van der Waals surface area contributed by atoms with Crippen LogP contribution in [0.3, 0.4) is 0 Å². The number of aromatic nitrogens is 1. The summed E-state index contributed by atoms with van der Waals surface area (Å²) >= 11 is 1.61. The van der Waals surface area contributed by atoms with Gasteiger partial charge in [0.2, 0.25) is 5.91 Å². The molecule has 1 aromatic heterocycles. The molecule has 0 aliphatic carbocycles. The number of thiazole rings is 1. The van der Waals surface area contributed by atoms with Crippen LogP contribution in [0.25, 0.3) is 10.2 Å². The fourth-order valence-electron chi connectivity index (χ4n) is 3.88. The summed E-state index contributed by atoms with van der Waals surface area (Å²) in [7, 11) is 0. The molecule has 1 aliphatic rings. The second kappa shape index (κ2) is 8.38. The van der Waals surface area contributed by atoms with Gasteiger partial charge in [0.25, 0.3) is 0 Å². The molecule has 27 heavy (non-hydrogen) atoms. The first kappa shape index (κ1) is 19.8. The summed E-state index contributed by atoms with van der Waals surface area (Å²) < 4.78 is 1.14. The molecule has 6 heteroatoms. The molecule has 0 saturated carbocycles. The summed E-state index contributed by atoms with van der Waals surface area (Å²) in [4.78, 5) is 19.0. The molecule has 1 fully saturated rings. The Morgan fingerprint density at radius 2 is 1.89 bits per heavy atom. The smallest absolute Gasteiger partial charge is 0.226 e.